The van der Waals surface area contributed by atoms with E-state index in [9.17, 15) is 0 Å². The van der Waals surface area contributed by atoms with Gasteiger partial charge in [-0.1, -0.05) is 41.0 Å². The third kappa shape index (κ3) is 10.2. The van der Waals surface area contributed by atoms with Gasteiger partial charge in [-0.25, -0.2) is 0 Å². The zero-order valence-corrected chi connectivity index (χ0v) is 24.0. The first-order valence-electron chi connectivity index (χ1n) is 11.2. The highest BCUT2D eigenvalue weighted by Gasteiger charge is 2.21. The van der Waals surface area contributed by atoms with Gasteiger partial charge in [-0.05, 0) is 53.1 Å². The number of hydrogen-bond acceptors (Lipinski definition) is 9. The van der Waals surface area contributed by atoms with Crippen LogP contribution in [0.15, 0.2) is 77.3 Å². The van der Waals surface area contributed by atoms with Crippen LogP contribution in [0.2, 0.25) is 0 Å². The molecule has 0 aliphatic rings. The predicted octanol–water partition coefficient (Wildman–Crippen LogP) is 7.31. The minimum Gasteiger partial charge on any atom is -0.497 e. The SMILES string of the molecule is COc1ccc(COP=NP(OCc2ccc(OC)cc2)N(OC)POCc2ccc(OC)cc2)cc1. The fourth-order valence-corrected chi connectivity index (χ4v) is 5.96. The largest absolute Gasteiger partial charge is 0.497 e. The summed E-state index contributed by atoms with van der Waals surface area (Å²) in [5.74, 6) is 2.38. The average Bonchev–Trinajstić information content (AvgIpc) is 2.96. The molecule has 37 heavy (non-hydrogen) atoms. The zero-order chi connectivity index (χ0) is 26.3. The summed E-state index contributed by atoms with van der Waals surface area (Å²) < 4.78 is 39.6. The van der Waals surface area contributed by atoms with E-state index in [2.05, 4.69) is 4.52 Å². The summed E-state index contributed by atoms with van der Waals surface area (Å²) >= 11 is 0. The highest BCUT2D eigenvalue weighted by Crippen LogP contribution is 2.53. The fourth-order valence-electron chi connectivity index (χ4n) is 2.89. The van der Waals surface area contributed by atoms with E-state index in [1.54, 1.807) is 33.0 Å². The second-order valence-electron chi connectivity index (χ2n) is 7.35. The Morgan fingerprint density at radius 3 is 1.59 bits per heavy atom. The molecule has 3 rings (SSSR count). The molecule has 3 aromatic rings. The lowest BCUT2D eigenvalue weighted by Crippen LogP contribution is -2.07. The fraction of sp³-hybridized carbons (Fsp3) is 0.280. The van der Waals surface area contributed by atoms with Crippen LogP contribution >= 0.6 is 26.0 Å². The van der Waals surface area contributed by atoms with E-state index in [1.165, 1.54) is 0 Å². The summed E-state index contributed by atoms with van der Waals surface area (Å²) in [5.41, 5.74) is 3.02. The van der Waals surface area contributed by atoms with Gasteiger partial charge in [0.15, 0.2) is 8.60 Å². The number of hydrogen-bond donors (Lipinski definition) is 0. The number of ether oxygens (including phenoxy) is 3. The molecule has 0 bridgehead atoms. The highest BCUT2D eigenvalue weighted by molar-refractivity contribution is 7.59. The van der Waals surface area contributed by atoms with Crippen molar-refractivity contribution in [1.82, 2.24) is 4.60 Å². The average molecular weight is 564 g/mol. The Morgan fingerprint density at radius 1 is 0.676 bits per heavy atom. The van der Waals surface area contributed by atoms with Crippen LogP contribution in [0, 0.1) is 0 Å². The molecule has 3 aromatic carbocycles. The molecule has 0 spiro atoms. The van der Waals surface area contributed by atoms with Crippen molar-refractivity contribution in [2.75, 3.05) is 28.4 Å². The maximum atomic E-state index is 6.14. The minimum absolute atomic E-state index is 0.129. The molecule has 0 heterocycles. The van der Waals surface area contributed by atoms with Gasteiger partial charge < -0.3 is 27.8 Å². The third-order valence-corrected chi connectivity index (χ3v) is 8.29. The molecule has 198 valence electrons. The lowest BCUT2D eigenvalue weighted by atomic mass is 10.2. The summed E-state index contributed by atoms with van der Waals surface area (Å²) in [4.78, 5) is 5.57. The summed E-state index contributed by atoms with van der Waals surface area (Å²) in [5, 5.41) is 0. The third-order valence-electron chi connectivity index (χ3n) is 4.94. The van der Waals surface area contributed by atoms with Crippen molar-refractivity contribution in [1.29, 1.82) is 0 Å². The Hall–Kier alpha value is -2.18. The molecule has 9 nitrogen and oxygen atoms in total. The van der Waals surface area contributed by atoms with Crippen LogP contribution in [0.5, 0.6) is 17.2 Å². The van der Waals surface area contributed by atoms with Gasteiger partial charge in [-0.2, -0.15) is 4.52 Å². The quantitative estimate of drug-likeness (QED) is 0.132. The van der Waals surface area contributed by atoms with Crippen LogP contribution in [0.3, 0.4) is 0 Å². The maximum absolute atomic E-state index is 6.14. The molecule has 0 radical (unpaired) electrons. The Balaban J connectivity index is 1.59. The van der Waals surface area contributed by atoms with Crippen LogP contribution in [0.25, 0.3) is 0 Å². The molecule has 0 aliphatic heterocycles. The van der Waals surface area contributed by atoms with Crippen molar-refractivity contribution >= 4 is 26.0 Å². The maximum Gasteiger partial charge on any atom is 0.275 e. The molecular weight excluding hydrogens is 533 g/mol. The molecular formula is C25H31N2O7P3. The standard InChI is InChI=1S/C25H31N2O7P3/c1-28-23-11-5-20(6-12-23)17-32-35-26-37(34-19-22-9-15-25(30-3)16-10-22)27(31-4)36-33-18-21-7-13-24(29-2)14-8-21/h5-16,36H,17-19H2,1-4H3. The molecule has 2 atom stereocenters. The summed E-state index contributed by atoms with van der Waals surface area (Å²) in [7, 11) is 5.26. The van der Waals surface area contributed by atoms with Crippen LogP contribution in [0.4, 0.5) is 0 Å². The predicted molar refractivity (Wildman–Crippen MR) is 147 cm³/mol. The smallest absolute Gasteiger partial charge is 0.275 e. The summed E-state index contributed by atoms with van der Waals surface area (Å²) in [6.45, 7) is 1.16. The van der Waals surface area contributed by atoms with Crippen molar-refractivity contribution in [3.63, 3.8) is 0 Å². The van der Waals surface area contributed by atoms with E-state index in [4.69, 9.17) is 32.6 Å². The van der Waals surface area contributed by atoms with Crippen LogP contribution < -0.4 is 14.2 Å². The molecule has 0 N–H and O–H groups in total. The molecule has 0 fully saturated rings. The zero-order valence-electron chi connectivity index (χ0n) is 21.2. The molecule has 0 saturated heterocycles. The molecule has 0 saturated carbocycles. The van der Waals surface area contributed by atoms with Crippen LogP contribution in [-0.4, -0.2) is 33.0 Å². The van der Waals surface area contributed by atoms with Gasteiger partial charge in [-0.15, -0.1) is 0 Å². The van der Waals surface area contributed by atoms with E-state index in [0.717, 1.165) is 33.9 Å². The number of rotatable bonds is 16. The topological polar surface area (TPSA) is 80.2 Å². The van der Waals surface area contributed by atoms with Gasteiger partial charge in [0.2, 0.25) is 0 Å². The van der Waals surface area contributed by atoms with Gasteiger partial charge in [0.05, 0.1) is 48.3 Å². The van der Waals surface area contributed by atoms with Gasteiger partial charge in [0.25, 0.3) is 8.45 Å². The van der Waals surface area contributed by atoms with E-state index >= 15 is 0 Å². The molecule has 0 aromatic heterocycles. The van der Waals surface area contributed by atoms with Gasteiger partial charge >= 0.3 is 0 Å². The Kier molecular flexibility index (Phi) is 13.2. The first-order chi connectivity index (χ1) is 18.1. The summed E-state index contributed by atoms with van der Waals surface area (Å²) in [6, 6.07) is 23.1. The normalized spacial score (nSPS) is 12.5. The first-order valence-corrected chi connectivity index (χ1v) is 14.0. The Labute approximate surface area is 222 Å². The molecule has 2 unspecified atom stereocenters. The van der Waals surface area contributed by atoms with Crippen LogP contribution in [-0.2, 0) is 38.2 Å². The van der Waals surface area contributed by atoms with E-state index in [-0.39, 0.29) is 8.96 Å². The van der Waals surface area contributed by atoms with Crippen molar-refractivity contribution in [3.05, 3.63) is 89.5 Å². The van der Waals surface area contributed by atoms with Gasteiger partial charge in [0.1, 0.15) is 26.2 Å². The monoisotopic (exact) mass is 564 g/mol. The summed E-state index contributed by atoms with van der Waals surface area (Å²) in [6.07, 6.45) is 0. The van der Waals surface area contributed by atoms with E-state index in [0.29, 0.717) is 28.4 Å². The first kappa shape index (κ1) is 29.4. The van der Waals surface area contributed by atoms with E-state index < -0.39 is 8.45 Å². The van der Waals surface area contributed by atoms with Gasteiger partial charge in [-0.3, -0.25) is 4.84 Å². The Morgan fingerprint density at radius 2 is 1.14 bits per heavy atom. The van der Waals surface area contributed by atoms with Crippen molar-refractivity contribution in [3.8, 4) is 17.2 Å². The molecule has 0 amide bonds. The second kappa shape index (κ2) is 16.6. The Bertz CT molecular complexity index is 1070. The van der Waals surface area contributed by atoms with Crippen molar-refractivity contribution in [2.24, 2.45) is 4.52 Å². The number of nitrogens with zero attached hydrogens (tertiary/aromatic N) is 2. The highest BCUT2D eigenvalue weighted by atomic mass is 31.2. The molecule has 0 aliphatic carbocycles. The van der Waals surface area contributed by atoms with Gasteiger partial charge in [0, 0.05) is 0 Å². The van der Waals surface area contributed by atoms with Crippen molar-refractivity contribution < 1.29 is 32.6 Å². The number of methoxy groups -OCH3 is 3. The van der Waals surface area contributed by atoms with E-state index in [1.807, 2.05) is 72.8 Å². The molecule has 12 heteroatoms. The van der Waals surface area contributed by atoms with Crippen molar-refractivity contribution in [2.45, 2.75) is 19.8 Å². The lowest BCUT2D eigenvalue weighted by Gasteiger charge is -2.23. The number of benzene rings is 3. The van der Waals surface area contributed by atoms with Crippen LogP contribution in [0.1, 0.15) is 16.7 Å². The second-order valence-corrected chi connectivity index (χ2v) is 10.9. The lowest BCUT2D eigenvalue weighted by molar-refractivity contribution is 0.0175. The minimum atomic E-state index is -1.52.